The Balaban J connectivity index is 1.18. The predicted molar refractivity (Wildman–Crippen MR) is 177 cm³/mol. The third kappa shape index (κ3) is 4.78. The van der Waals surface area contributed by atoms with Crippen LogP contribution in [0.3, 0.4) is 0 Å². The number of nitrogens with zero attached hydrogens (tertiary/aromatic N) is 2. The highest BCUT2D eigenvalue weighted by Crippen LogP contribution is 2.69. The average molecular weight is 684 g/mol. The van der Waals surface area contributed by atoms with Gasteiger partial charge in [-0.1, -0.05) is 41.7 Å². The molecule has 3 aromatic carbocycles. The lowest BCUT2D eigenvalue weighted by Gasteiger charge is -2.43. The topological polar surface area (TPSA) is 149 Å². The van der Waals surface area contributed by atoms with E-state index >= 15 is 0 Å². The van der Waals surface area contributed by atoms with Crippen molar-refractivity contribution in [3.8, 4) is 5.75 Å². The highest BCUT2D eigenvalue weighted by Gasteiger charge is 2.70. The van der Waals surface area contributed by atoms with Crippen LogP contribution < -0.4 is 14.5 Å². The Hall–Kier alpha value is -4.75. The fourth-order valence-corrected chi connectivity index (χ4v) is 11.2. The van der Waals surface area contributed by atoms with Gasteiger partial charge in [0.15, 0.2) is 0 Å². The van der Waals surface area contributed by atoms with E-state index in [2.05, 4.69) is 4.98 Å². The third-order valence-electron chi connectivity index (χ3n) is 10.1. The summed E-state index contributed by atoms with van der Waals surface area (Å²) in [6.45, 7) is 2.19. The van der Waals surface area contributed by atoms with Gasteiger partial charge in [-0.3, -0.25) is 29.4 Å². The van der Waals surface area contributed by atoms with Gasteiger partial charge in [0, 0.05) is 33.7 Å². The number of nitro benzene ring substituents is 1. The number of hydrogen-bond acceptors (Lipinski definition) is 10. The van der Waals surface area contributed by atoms with E-state index < -0.39 is 28.6 Å². The smallest absolute Gasteiger partial charge is 0.338 e. The molecular formula is C35H29N3O8S2. The van der Waals surface area contributed by atoms with Crippen molar-refractivity contribution in [1.82, 2.24) is 4.98 Å². The number of nitro groups is 1. The van der Waals surface area contributed by atoms with Gasteiger partial charge >= 0.3 is 10.8 Å². The summed E-state index contributed by atoms with van der Waals surface area (Å²) >= 11 is 2.62. The number of aromatic amines is 1. The summed E-state index contributed by atoms with van der Waals surface area (Å²) < 4.78 is 11.4. The molecule has 48 heavy (non-hydrogen) atoms. The van der Waals surface area contributed by atoms with Crippen LogP contribution in [0.1, 0.15) is 45.6 Å². The van der Waals surface area contributed by atoms with Gasteiger partial charge in [0.1, 0.15) is 12.4 Å². The second-order valence-corrected chi connectivity index (χ2v) is 14.7. The highest BCUT2D eigenvalue weighted by atomic mass is 32.2. The van der Waals surface area contributed by atoms with Crippen molar-refractivity contribution in [2.45, 2.75) is 36.1 Å². The molecule has 2 aliphatic heterocycles. The van der Waals surface area contributed by atoms with Gasteiger partial charge in [-0.2, -0.15) is 0 Å². The summed E-state index contributed by atoms with van der Waals surface area (Å²) in [5, 5.41) is 12.6. The minimum Gasteiger partial charge on any atom is -0.489 e. The number of carbonyl (C=O) groups is 3. The van der Waals surface area contributed by atoms with Crippen LogP contribution in [0.4, 0.5) is 11.4 Å². The van der Waals surface area contributed by atoms with E-state index in [1.807, 2.05) is 30.3 Å². The minimum absolute atomic E-state index is 0.0955. The quantitative estimate of drug-likeness (QED) is 0.106. The fourth-order valence-electron chi connectivity index (χ4n) is 8.34. The number of hydrogen-bond donors (Lipinski definition) is 1. The molecule has 3 heterocycles. The largest absolute Gasteiger partial charge is 0.489 e. The summed E-state index contributed by atoms with van der Waals surface area (Å²) in [6, 6.07) is 20.5. The van der Waals surface area contributed by atoms with Gasteiger partial charge in [0.2, 0.25) is 11.8 Å². The molecule has 3 fully saturated rings. The molecule has 7 atom stereocenters. The molecule has 244 valence electrons. The van der Waals surface area contributed by atoms with E-state index in [-0.39, 0.29) is 58.6 Å². The van der Waals surface area contributed by atoms with Crippen LogP contribution >= 0.6 is 23.1 Å². The standard InChI is InChI=1S/C35H29N3O8S2/c1-2-45-34(41)18-8-10-19(11-9-18)37-32(39)27-22-15-23(28(27)33(37)40)29-26(22)25(30-31(47-29)36-35(42)48-30)21-14-20(38(43)44)12-13-24(21)46-16-17-6-4-3-5-7-17/h3-14,22-23,25-29H,2,15-16H2,1H3,(H,36,42)/t22-,23-,25?,26?,27?,28?,29?/m1/s1. The molecule has 2 amide bonds. The summed E-state index contributed by atoms with van der Waals surface area (Å²) in [5.74, 6) is -2.61. The number of fused-ring (bicyclic) bond motifs is 9. The summed E-state index contributed by atoms with van der Waals surface area (Å²) in [4.78, 5) is 69.5. The first-order valence-electron chi connectivity index (χ1n) is 15.7. The van der Waals surface area contributed by atoms with Crippen molar-refractivity contribution < 1.29 is 28.8 Å². The van der Waals surface area contributed by atoms with E-state index in [4.69, 9.17) is 9.47 Å². The zero-order chi connectivity index (χ0) is 33.3. The number of nitrogens with one attached hydrogen (secondary N) is 1. The van der Waals surface area contributed by atoms with Crippen LogP contribution in [0.25, 0.3) is 0 Å². The lowest BCUT2D eigenvalue weighted by molar-refractivity contribution is -0.385. The number of thiazole rings is 1. The van der Waals surface area contributed by atoms with Crippen LogP contribution in [0.2, 0.25) is 0 Å². The SMILES string of the molecule is CCOC(=O)c1ccc(N2C(=O)C3C(C2=O)[C@@H]2C[C@H]3C3Sc4[nH]c(=O)sc4C(c4cc([N+](=O)[O-])ccc4OCc4ccccc4)C32)cc1. The van der Waals surface area contributed by atoms with Gasteiger partial charge in [-0.05, 0) is 67.0 Å². The molecule has 11 nitrogen and oxygen atoms in total. The van der Waals surface area contributed by atoms with E-state index in [9.17, 15) is 29.3 Å². The molecule has 0 radical (unpaired) electrons. The number of rotatable bonds is 8. The summed E-state index contributed by atoms with van der Waals surface area (Å²) in [6.07, 6.45) is 0.662. The van der Waals surface area contributed by atoms with E-state index in [1.54, 1.807) is 49.0 Å². The zero-order valence-corrected chi connectivity index (χ0v) is 27.2. The Kier molecular flexibility index (Phi) is 7.48. The molecule has 2 saturated carbocycles. The van der Waals surface area contributed by atoms with Crippen LogP contribution in [0.15, 0.2) is 82.6 Å². The predicted octanol–water partition coefficient (Wildman–Crippen LogP) is 5.78. The van der Waals surface area contributed by atoms with Crippen LogP contribution in [0, 0.1) is 39.7 Å². The van der Waals surface area contributed by atoms with Crippen molar-refractivity contribution in [3.05, 3.63) is 114 Å². The molecule has 8 rings (SSSR count). The van der Waals surface area contributed by atoms with Gasteiger partial charge in [-0.25, -0.2) is 4.79 Å². The average Bonchev–Trinajstić information content (AvgIpc) is 3.83. The van der Waals surface area contributed by atoms with Crippen molar-refractivity contribution in [2.24, 2.45) is 29.6 Å². The minimum atomic E-state index is -0.568. The van der Waals surface area contributed by atoms with Gasteiger partial charge in [0.05, 0.1) is 39.6 Å². The Labute approximate surface area is 282 Å². The molecule has 4 aromatic rings. The van der Waals surface area contributed by atoms with Crippen molar-refractivity contribution in [2.75, 3.05) is 11.5 Å². The number of carbonyl (C=O) groups excluding carboxylic acids is 3. The fraction of sp³-hybridized carbons (Fsp3) is 0.314. The number of aromatic nitrogens is 1. The number of non-ortho nitro benzene ring substituents is 1. The maximum atomic E-state index is 14.2. The van der Waals surface area contributed by atoms with Crippen LogP contribution in [-0.2, 0) is 20.9 Å². The number of H-pyrrole nitrogens is 1. The number of thioether (sulfide) groups is 1. The number of anilines is 1. The third-order valence-corrected chi connectivity index (χ3v) is 12.7. The van der Waals surface area contributed by atoms with E-state index in [1.165, 1.54) is 17.0 Å². The first-order chi connectivity index (χ1) is 23.2. The maximum absolute atomic E-state index is 14.2. The second kappa shape index (κ2) is 11.7. The Morgan fingerprint density at radius 3 is 2.44 bits per heavy atom. The Morgan fingerprint density at radius 1 is 1.00 bits per heavy atom. The lowest BCUT2D eigenvalue weighted by Crippen LogP contribution is -2.42. The monoisotopic (exact) mass is 683 g/mol. The molecule has 0 spiro atoms. The molecule has 5 unspecified atom stereocenters. The number of ether oxygens (including phenoxy) is 2. The number of imide groups is 1. The van der Waals surface area contributed by atoms with Crippen molar-refractivity contribution in [1.29, 1.82) is 0 Å². The Bertz CT molecular complexity index is 2030. The maximum Gasteiger partial charge on any atom is 0.338 e. The second-order valence-electron chi connectivity index (χ2n) is 12.5. The Morgan fingerprint density at radius 2 is 1.73 bits per heavy atom. The van der Waals surface area contributed by atoms with Crippen molar-refractivity contribution in [3.63, 3.8) is 0 Å². The molecule has 1 N–H and O–H groups in total. The summed E-state index contributed by atoms with van der Waals surface area (Å²) in [5.41, 5.74) is 2.16. The molecule has 1 aromatic heterocycles. The van der Waals surface area contributed by atoms with Crippen molar-refractivity contribution >= 4 is 52.3 Å². The molecular weight excluding hydrogens is 655 g/mol. The van der Waals surface area contributed by atoms with Gasteiger partial charge in [0.25, 0.3) is 5.69 Å². The molecule has 1 saturated heterocycles. The summed E-state index contributed by atoms with van der Waals surface area (Å²) in [7, 11) is 0. The molecule has 4 aliphatic rings. The van der Waals surface area contributed by atoms with E-state index in [0.717, 1.165) is 21.8 Å². The van der Waals surface area contributed by atoms with Gasteiger partial charge < -0.3 is 14.5 Å². The molecule has 2 aliphatic carbocycles. The normalized spacial score (nSPS) is 26.6. The first kappa shape index (κ1) is 30.6. The number of esters is 1. The molecule has 13 heteroatoms. The number of benzene rings is 3. The zero-order valence-electron chi connectivity index (χ0n) is 25.6. The van der Waals surface area contributed by atoms with Crippen LogP contribution in [-0.4, -0.2) is 39.5 Å². The highest BCUT2D eigenvalue weighted by molar-refractivity contribution is 8.00. The molecule has 2 bridgehead atoms. The number of amides is 2. The van der Waals surface area contributed by atoms with E-state index in [0.29, 0.717) is 34.0 Å². The first-order valence-corrected chi connectivity index (χ1v) is 17.4. The van der Waals surface area contributed by atoms with Crippen LogP contribution in [0.5, 0.6) is 5.75 Å². The lowest BCUT2D eigenvalue weighted by atomic mass is 9.68. The van der Waals surface area contributed by atoms with Gasteiger partial charge in [-0.15, -0.1) is 11.8 Å².